The highest BCUT2D eigenvalue weighted by molar-refractivity contribution is 7.15. The second-order valence-corrected chi connectivity index (χ2v) is 8.72. The molecule has 1 N–H and O–H groups in total. The number of hydrogen-bond donors (Lipinski definition) is 1. The molecule has 3 aromatic rings. The van der Waals surface area contributed by atoms with E-state index in [9.17, 15) is 9.59 Å². The van der Waals surface area contributed by atoms with Crippen molar-refractivity contribution in [1.82, 2.24) is 20.5 Å². The third-order valence-corrected chi connectivity index (χ3v) is 6.26. The SMILES string of the molecule is Cc1nc(CNC(=O)C2CC(=O)N(c3nnc(Cc4ccccc4)s3)C2)cs1. The smallest absolute Gasteiger partial charge is 0.229 e. The minimum Gasteiger partial charge on any atom is -0.350 e. The Bertz CT molecular complexity index is 985. The van der Waals surface area contributed by atoms with Crippen LogP contribution in [0.5, 0.6) is 0 Å². The summed E-state index contributed by atoms with van der Waals surface area (Å²) in [5, 5.41) is 15.6. The number of amides is 2. The summed E-state index contributed by atoms with van der Waals surface area (Å²) >= 11 is 2.95. The fourth-order valence-corrected chi connectivity index (χ4v) is 4.59. The van der Waals surface area contributed by atoms with Gasteiger partial charge in [-0.05, 0) is 12.5 Å². The zero-order chi connectivity index (χ0) is 19.5. The Labute approximate surface area is 170 Å². The molecule has 0 saturated carbocycles. The molecule has 1 aliphatic rings. The van der Waals surface area contributed by atoms with Crippen LogP contribution in [-0.2, 0) is 22.6 Å². The van der Waals surface area contributed by atoms with Crippen LogP contribution in [0, 0.1) is 12.8 Å². The topological polar surface area (TPSA) is 88.1 Å². The van der Waals surface area contributed by atoms with E-state index in [2.05, 4.69) is 20.5 Å². The largest absolute Gasteiger partial charge is 0.350 e. The number of carbonyl (C=O) groups is 2. The average molecular weight is 414 g/mol. The van der Waals surface area contributed by atoms with Crippen LogP contribution in [-0.4, -0.2) is 33.5 Å². The lowest BCUT2D eigenvalue weighted by Crippen LogP contribution is -2.32. The van der Waals surface area contributed by atoms with Gasteiger partial charge < -0.3 is 5.32 Å². The first-order valence-corrected chi connectivity index (χ1v) is 10.6. The van der Waals surface area contributed by atoms with Crippen molar-refractivity contribution in [3.63, 3.8) is 0 Å². The minimum atomic E-state index is -0.381. The lowest BCUT2D eigenvalue weighted by Gasteiger charge is -2.12. The summed E-state index contributed by atoms with van der Waals surface area (Å²) in [6.07, 6.45) is 0.868. The molecule has 0 bridgehead atoms. The second kappa shape index (κ2) is 8.15. The molecule has 2 aromatic heterocycles. The molecule has 7 nitrogen and oxygen atoms in total. The fourth-order valence-electron chi connectivity index (χ4n) is 3.08. The van der Waals surface area contributed by atoms with Gasteiger partial charge in [-0.2, -0.15) is 0 Å². The first-order chi connectivity index (χ1) is 13.6. The van der Waals surface area contributed by atoms with Crippen molar-refractivity contribution in [2.24, 2.45) is 5.92 Å². The van der Waals surface area contributed by atoms with E-state index in [-0.39, 0.29) is 24.2 Å². The Kier molecular flexibility index (Phi) is 5.45. The Morgan fingerprint density at radius 3 is 2.86 bits per heavy atom. The van der Waals surface area contributed by atoms with E-state index < -0.39 is 0 Å². The Balaban J connectivity index is 1.36. The van der Waals surface area contributed by atoms with Crippen LogP contribution in [0.15, 0.2) is 35.7 Å². The van der Waals surface area contributed by atoms with Gasteiger partial charge in [-0.25, -0.2) is 4.98 Å². The predicted molar refractivity (Wildman–Crippen MR) is 108 cm³/mol. The quantitative estimate of drug-likeness (QED) is 0.671. The highest BCUT2D eigenvalue weighted by Crippen LogP contribution is 2.29. The number of aromatic nitrogens is 3. The van der Waals surface area contributed by atoms with Crippen molar-refractivity contribution in [2.45, 2.75) is 26.3 Å². The third-order valence-electron chi connectivity index (χ3n) is 4.49. The van der Waals surface area contributed by atoms with Crippen molar-refractivity contribution in [3.05, 3.63) is 57.0 Å². The summed E-state index contributed by atoms with van der Waals surface area (Å²) in [5.41, 5.74) is 1.99. The van der Waals surface area contributed by atoms with Gasteiger partial charge in [-0.1, -0.05) is 41.7 Å². The fraction of sp³-hybridized carbons (Fsp3) is 0.316. The molecular weight excluding hydrogens is 394 g/mol. The van der Waals surface area contributed by atoms with Gasteiger partial charge in [-0.3, -0.25) is 14.5 Å². The van der Waals surface area contributed by atoms with E-state index in [0.717, 1.165) is 21.3 Å². The number of anilines is 1. The maximum atomic E-state index is 12.4. The number of rotatable bonds is 6. The van der Waals surface area contributed by atoms with E-state index in [1.54, 1.807) is 16.2 Å². The molecule has 1 fully saturated rings. The molecule has 28 heavy (non-hydrogen) atoms. The molecular formula is C19H19N5O2S2. The number of nitrogens with zero attached hydrogens (tertiary/aromatic N) is 4. The second-order valence-electron chi connectivity index (χ2n) is 6.62. The van der Waals surface area contributed by atoms with Crippen molar-refractivity contribution < 1.29 is 9.59 Å². The molecule has 144 valence electrons. The van der Waals surface area contributed by atoms with Crippen LogP contribution in [0.1, 0.15) is 27.7 Å². The van der Waals surface area contributed by atoms with E-state index >= 15 is 0 Å². The molecule has 1 aromatic carbocycles. The number of nitrogens with one attached hydrogen (secondary N) is 1. The maximum Gasteiger partial charge on any atom is 0.229 e. The predicted octanol–water partition coefficient (Wildman–Crippen LogP) is 2.56. The van der Waals surface area contributed by atoms with Gasteiger partial charge in [-0.15, -0.1) is 21.5 Å². The van der Waals surface area contributed by atoms with Gasteiger partial charge in [0.15, 0.2) is 0 Å². The van der Waals surface area contributed by atoms with Crippen LogP contribution in [0.25, 0.3) is 0 Å². The Hall–Kier alpha value is -2.65. The zero-order valence-electron chi connectivity index (χ0n) is 15.3. The summed E-state index contributed by atoms with van der Waals surface area (Å²) in [7, 11) is 0. The van der Waals surface area contributed by atoms with Gasteiger partial charge in [0, 0.05) is 24.8 Å². The van der Waals surface area contributed by atoms with Crippen molar-refractivity contribution >= 4 is 39.6 Å². The number of aryl methyl sites for hydroxylation is 1. The molecule has 1 unspecified atom stereocenters. The van der Waals surface area contributed by atoms with E-state index in [1.165, 1.54) is 11.3 Å². The monoisotopic (exact) mass is 413 g/mol. The maximum absolute atomic E-state index is 12.4. The van der Waals surface area contributed by atoms with E-state index in [0.29, 0.717) is 24.6 Å². The summed E-state index contributed by atoms with van der Waals surface area (Å²) in [6, 6.07) is 10.0. The van der Waals surface area contributed by atoms with Crippen LogP contribution in [0.3, 0.4) is 0 Å². The Morgan fingerprint density at radius 2 is 2.11 bits per heavy atom. The van der Waals surface area contributed by atoms with Gasteiger partial charge in [0.2, 0.25) is 16.9 Å². The molecule has 0 spiro atoms. The normalized spacial score (nSPS) is 16.5. The first kappa shape index (κ1) is 18.7. The summed E-state index contributed by atoms with van der Waals surface area (Å²) in [5.74, 6) is -0.601. The molecule has 0 radical (unpaired) electrons. The first-order valence-electron chi connectivity index (χ1n) is 8.94. The van der Waals surface area contributed by atoms with Gasteiger partial charge in [0.25, 0.3) is 0 Å². The molecule has 4 rings (SSSR count). The minimum absolute atomic E-state index is 0.0907. The number of carbonyl (C=O) groups excluding carboxylic acids is 2. The van der Waals surface area contributed by atoms with E-state index in [4.69, 9.17) is 0 Å². The van der Waals surface area contributed by atoms with Gasteiger partial charge in [0.1, 0.15) is 5.01 Å². The molecule has 2 amide bonds. The molecule has 1 atom stereocenters. The van der Waals surface area contributed by atoms with Crippen LogP contribution in [0.2, 0.25) is 0 Å². The van der Waals surface area contributed by atoms with Gasteiger partial charge in [0.05, 0.1) is 23.2 Å². The molecule has 0 aliphatic carbocycles. The van der Waals surface area contributed by atoms with Crippen molar-refractivity contribution in [1.29, 1.82) is 0 Å². The van der Waals surface area contributed by atoms with Crippen molar-refractivity contribution in [2.75, 3.05) is 11.4 Å². The lowest BCUT2D eigenvalue weighted by atomic mass is 10.1. The van der Waals surface area contributed by atoms with E-state index in [1.807, 2.05) is 42.6 Å². The van der Waals surface area contributed by atoms with Crippen LogP contribution < -0.4 is 10.2 Å². The molecule has 1 aliphatic heterocycles. The Morgan fingerprint density at radius 1 is 1.29 bits per heavy atom. The van der Waals surface area contributed by atoms with Crippen LogP contribution >= 0.6 is 22.7 Å². The number of hydrogen-bond acceptors (Lipinski definition) is 7. The van der Waals surface area contributed by atoms with Gasteiger partial charge >= 0.3 is 0 Å². The third kappa shape index (κ3) is 4.26. The molecule has 3 heterocycles. The standard InChI is InChI=1S/C19H19N5O2S2/c1-12-21-15(11-27-12)9-20-18(26)14-8-17(25)24(10-14)19-23-22-16(28-19)7-13-5-3-2-4-6-13/h2-6,11,14H,7-10H2,1H3,(H,20,26). The highest BCUT2D eigenvalue weighted by atomic mass is 32.1. The summed E-state index contributed by atoms with van der Waals surface area (Å²) < 4.78 is 0. The van der Waals surface area contributed by atoms with Crippen LogP contribution in [0.4, 0.5) is 5.13 Å². The molecule has 9 heteroatoms. The molecule has 1 saturated heterocycles. The number of thiazole rings is 1. The van der Waals surface area contributed by atoms with Crippen molar-refractivity contribution in [3.8, 4) is 0 Å². The summed E-state index contributed by atoms with van der Waals surface area (Å²) in [4.78, 5) is 30.8. The summed E-state index contributed by atoms with van der Waals surface area (Å²) in [6.45, 7) is 2.65. The zero-order valence-corrected chi connectivity index (χ0v) is 16.9. The number of benzene rings is 1. The lowest BCUT2D eigenvalue weighted by molar-refractivity contribution is -0.126. The highest BCUT2D eigenvalue weighted by Gasteiger charge is 2.36. The average Bonchev–Trinajstić information content (AvgIpc) is 3.41.